The van der Waals surface area contributed by atoms with E-state index in [-0.39, 0.29) is 5.91 Å². The van der Waals surface area contributed by atoms with E-state index in [2.05, 4.69) is 18.1 Å². The number of para-hydroxylation sites is 1. The van der Waals surface area contributed by atoms with E-state index in [9.17, 15) is 4.79 Å². The second kappa shape index (κ2) is 7.31. The highest BCUT2D eigenvalue weighted by atomic mass is 16.5. The van der Waals surface area contributed by atoms with Crippen molar-refractivity contribution in [3.05, 3.63) is 48.3 Å². The van der Waals surface area contributed by atoms with E-state index in [0.717, 1.165) is 37.2 Å². The summed E-state index contributed by atoms with van der Waals surface area (Å²) in [5.41, 5.74) is 1.15. The van der Waals surface area contributed by atoms with Gasteiger partial charge in [0.15, 0.2) is 0 Å². The van der Waals surface area contributed by atoms with Gasteiger partial charge in [-0.05, 0) is 37.5 Å². The first kappa shape index (κ1) is 15.6. The van der Waals surface area contributed by atoms with Gasteiger partial charge in [0.25, 0.3) is 0 Å². The molecule has 1 atom stereocenters. The Kier molecular flexibility index (Phi) is 4.95. The van der Waals surface area contributed by atoms with E-state index in [1.165, 1.54) is 0 Å². The Morgan fingerprint density at radius 1 is 1.35 bits per heavy atom. The standard InChI is InChI=1S/C18H23N3O2/c1-15-6-2-3-8-17(15)23-14-16-7-4-10-20(12-16)18(22)13-21-11-5-9-19-21/h2-3,5-6,8-9,11,16H,4,7,10,12-14H2,1H3/t16-/m1/s1. The van der Waals surface area contributed by atoms with Crippen molar-refractivity contribution in [2.24, 2.45) is 5.92 Å². The lowest BCUT2D eigenvalue weighted by atomic mass is 9.99. The van der Waals surface area contributed by atoms with Gasteiger partial charge in [-0.1, -0.05) is 18.2 Å². The van der Waals surface area contributed by atoms with Crippen molar-refractivity contribution in [1.29, 1.82) is 0 Å². The minimum atomic E-state index is 0.134. The van der Waals surface area contributed by atoms with Gasteiger partial charge >= 0.3 is 0 Å². The number of rotatable bonds is 5. The molecule has 5 nitrogen and oxygen atoms in total. The zero-order valence-electron chi connectivity index (χ0n) is 13.5. The molecule has 0 saturated carbocycles. The number of amides is 1. The van der Waals surface area contributed by atoms with Crippen molar-refractivity contribution in [1.82, 2.24) is 14.7 Å². The summed E-state index contributed by atoms with van der Waals surface area (Å²) in [6.45, 7) is 4.64. The van der Waals surface area contributed by atoms with E-state index in [1.54, 1.807) is 10.9 Å². The third-order valence-corrected chi connectivity index (χ3v) is 4.30. The topological polar surface area (TPSA) is 47.4 Å². The maximum Gasteiger partial charge on any atom is 0.244 e. The van der Waals surface area contributed by atoms with Crippen LogP contribution in [0.5, 0.6) is 5.75 Å². The van der Waals surface area contributed by atoms with Gasteiger partial charge in [0.1, 0.15) is 12.3 Å². The Hall–Kier alpha value is -2.30. The van der Waals surface area contributed by atoms with Gasteiger partial charge in [-0.15, -0.1) is 0 Å². The van der Waals surface area contributed by atoms with Gasteiger partial charge in [0.2, 0.25) is 5.91 Å². The summed E-state index contributed by atoms with van der Waals surface area (Å²) >= 11 is 0. The van der Waals surface area contributed by atoms with E-state index < -0.39 is 0 Å². The van der Waals surface area contributed by atoms with Crippen LogP contribution >= 0.6 is 0 Å². The average Bonchev–Trinajstić information content (AvgIpc) is 3.07. The largest absolute Gasteiger partial charge is 0.493 e. The molecule has 23 heavy (non-hydrogen) atoms. The molecule has 1 aromatic heterocycles. The summed E-state index contributed by atoms with van der Waals surface area (Å²) in [5, 5.41) is 4.10. The molecule has 1 aliphatic heterocycles. The Labute approximate surface area is 136 Å². The van der Waals surface area contributed by atoms with Crippen LogP contribution in [0.1, 0.15) is 18.4 Å². The summed E-state index contributed by atoms with van der Waals surface area (Å²) in [4.78, 5) is 14.3. The predicted molar refractivity (Wildman–Crippen MR) is 88.2 cm³/mol. The Morgan fingerprint density at radius 2 is 2.22 bits per heavy atom. The van der Waals surface area contributed by atoms with Gasteiger partial charge in [-0.3, -0.25) is 9.48 Å². The van der Waals surface area contributed by atoms with Crippen molar-refractivity contribution in [2.75, 3.05) is 19.7 Å². The number of benzene rings is 1. The molecule has 1 saturated heterocycles. The summed E-state index contributed by atoms with van der Waals surface area (Å²) in [6.07, 6.45) is 5.66. The molecule has 0 aliphatic carbocycles. The first-order valence-electron chi connectivity index (χ1n) is 8.16. The van der Waals surface area contributed by atoms with Gasteiger partial charge in [-0.25, -0.2) is 0 Å². The fourth-order valence-corrected chi connectivity index (χ4v) is 2.99. The van der Waals surface area contributed by atoms with Gasteiger partial charge < -0.3 is 9.64 Å². The van der Waals surface area contributed by atoms with Crippen molar-refractivity contribution in [3.63, 3.8) is 0 Å². The van der Waals surface area contributed by atoms with E-state index >= 15 is 0 Å². The van der Waals surface area contributed by atoms with Crippen LogP contribution < -0.4 is 4.74 Å². The average molecular weight is 313 g/mol. The fourth-order valence-electron chi connectivity index (χ4n) is 2.99. The SMILES string of the molecule is Cc1ccccc1OC[C@@H]1CCCN(C(=O)Cn2cccn2)C1. The molecule has 1 aliphatic rings. The van der Waals surface area contributed by atoms with E-state index in [1.807, 2.05) is 35.4 Å². The number of carbonyl (C=O) groups is 1. The van der Waals surface area contributed by atoms with Crippen LogP contribution in [-0.2, 0) is 11.3 Å². The summed E-state index contributed by atoms with van der Waals surface area (Å²) in [6, 6.07) is 9.89. The summed E-state index contributed by atoms with van der Waals surface area (Å²) < 4.78 is 7.63. The maximum atomic E-state index is 12.4. The number of nitrogens with zero attached hydrogens (tertiary/aromatic N) is 3. The molecule has 0 bridgehead atoms. The van der Waals surface area contributed by atoms with Crippen LogP contribution in [-0.4, -0.2) is 40.3 Å². The molecule has 0 radical (unpaired) electrons. The second-order valence-electron chi connectivity index (χ2n) is 6.13. The molecule has 1 fully saturated rings. The smallest absolute Gasteiger partial charge is 0.244 e. The minimum absolute atomic E-state index is 0.134. The highest BCUT2D eigenvalue weighted by molar-refractivity contribution is 5.76. The highest BCUT2D eigenvalue weighted by Gasteiger charge is 2.24. The highest BCUT2D eigenvalue weighted by Crippen LogP contribution is 2.21. The van der Waals surface area contributed by atoms with Crippen LogP contribution in [0.4, 0.5) is 0 Å². The first-order chi connectivity index (χ1) is 11.2. The van der Waals surface area contributed by atoms with Crippen molar-refractivity contribution in [2.45, 2.75) is 26.3 Å². The lowest BCUT2D eigenvalue weighted by molar-refractivity contribution is -0.134. The summed E-state index contributed by atoms with van der Waals surface area (Å²) in [7, 11) is 0. The quantitative estimate of drug-likeness (QED) is 0.852. The fraction of sp³-hybridized carbons (Fsp3) is 0.444. The number of piperidine rings is 1. The zero-order valence-corrected chi connectivity index (χ0v) is 13.5. The van der Waals surface area contributed by atoms with Crippen LogP contribution in [0.25, 0.3) is 0 Å². The molecular weight excluding hydrogens is 290 g/mol. The molecular formula is C18H23N3O2. The Balaban J connectivity index is 1.52. The third kappa shape index (κ3) is 4.12. The molecule has 1 amide bonds. The number of ether oxygens (including phenoxy) is 1. The lowest BCUT2D eigenvalue weighted by Gasteiger charge is -2.32. The number of aryl methyl sites for hydroxylation is 1. The predicted octanol–water partition coefficient (Wildman–Crippen LogP) is 2.51. The Morgan fingerprint density at radius 3 is 3.00 bits per heavy atom. The maximum absolute atomic E-state index is 12.4. The molecule has 5 heteroatoms. The number of hydrogen-bond donors (Lipinski definition) is 0. The lowest BCUT2D eigenvalue weighted by Crippen LogP contribution is -2.43. The normalized spacial score (nSPS) is 18.0. The molecule has 1 aromatic carbocycles. The van der Waals surface area contributed by atoms with Gasteiger partial charge in [-0.2, -0.15) is 5.10 Å². The minimum Gasteiger partial charge on any atom is -0.493 e. The van der Waals surface area contributed by atoms with E-state index in [4.69, 9.17) is 4.74 Å². The molecule has 3 rings (SSSR count). The van der Waals surface area contributed by atoms with Crippen LogP contribution in [0.3, 0.4) is 0 Å². The van der Waals surface area contributed by atoms with Gasteiger partial charge in [0, 0.05) is 31.4 Å². The number of hydrogen-bond acceptors (Lipinski definition) is 3. The monoisotopic (exact) mass is 313 g/mol. The molecule has 122 valence electrons. The summed E-state index contributed by atoms with van der Waals surface area (Å²) in [5.74, 6) is 1.46. The number of aromatic nitrogens is 2. The number of likely N-dealkylation sites (tertiary alicyclic amines) is 1. The van der Waals surface area contributed by atoms with Crippen molar-refractivity contribution >= 4 is 5.91 Å². The van der Waals surface area contributed by atoms with Crippen molar-refractivity contribution in [3.8, 4) is 5.75 Å². The van der Waals surface area contributed by atoms with Crippen molar-refractivity contribution < 1.29 is 9.53 Å². The van der Waals surface area contributed by atoms with E-state index in [0.29, 0.717) is 19.1 Å². The molecule has 2 aromatic rings. The first-order valence-corrected chi connectivity index (χ1v) is 8.16. The Bertz CT molecular complexity index is 639. The number of carbonyl (C=O) groups excluding carboxylic acids is 1. The molecule has 0 N–H and O–H groups in total. The van der Waals surface area contributed by atoms with Crippen LogP contribution in [0, 0.1) is 12.8 Å². The van der Waals surface area contributed by atoms with Crippen LogP contribution in [0.15, 0.2) is 42.7 Å². The molecule has 0 unspecified atom stereocenters. The molecule has 2 heterocycles. The molecule has 0 spiro atoms. The second-order valence-corrected chi connectivity index (χ2v) is 6.13. The van der Waals surface area contributed by atoms with Crippen LogP contribution in [0.2, 0.25) is 0 Å². The van der Waals surface area contributed by atoms with Gasteiger partial charge in [0.05, 0.1) is 6.61 Å². The zero-order chi connectivity index (χ0) is 16.1. The third-order valence-electron chi connectivity index (χ3n) is 4.30.